The summed E-state index contributed by atoms with van der Waals surface area (Å²) in [7, 11) is 0. The Hall–Kier alpha value is -1.39. The smallest absolute Gasteiger partial charge is 0.119 e. The quantitative estimate of drug-likeness (QED) is 0.443. The first-order valence-corrected chi connectivity index (χ1v) is 7.80. The van der Waals surface area contributed by atoms with Crippen molar-refractivity contribution in [3.8, 4) is 11.5 Å². The molecule has 0 fully saturated rings. The van der Waals surface area contributed by atoms with Crippen molar-refractivity contribution in [1.82, 2.24) is 0 Å². The standard InChI is InChI=1S/C19H23O5.W/c1-14(21)12-23-18-6-2-15(3-7-18)10-16-4-8-19(9-5-16)24-13-17(22)11-20;/h2-9,14,17,20-22H,1,10-13H2;/q-1;. The minimum atomic E-state index is -0.866. The van der Waals surface area contributed by atoms with Gasteiger partial charge in [-0.3, -0.25) is 0 Å². The van der Waals surface area contributed by atoms with Gasteiger partial charge >= 0.3 is 0 Å². The number of aliphatic hydroxyl groups is 3. The molecule has 3 N–H and O–H groups in total. The fourth-order valence-electron chi connectivity index (χ4n) is 2.08. The Balaban J connectivity index is 0.00000312. The molecule has 0 saturated carbocycles. The minimum Gasteiger partial charge on any atom is -0.494 e. The van der Waals surface area contributed by atoms with E-state index < -0.39 is 12.2 Å². The van der Waals surface area contributed by atoms with Gasteiger partial charge in [-0.1, -0.05) is 24.3 Å². The average Bonchev–Trinajstić information content (AvgIpc) is 2.60. The van der Waals surface area contributed by atoms with E-state index in [0.29, 0.717) is 11.5 Å². The van der Waals surface area contributed by atoms with Crippen molar-refractivity contribution in [3.05, 3.63) is 66.6 Å². The fourth-order valence-corrected chi connectivity index (χ4v) is 2.08. The molecular formula is C19H23O5W-. The second-order valence-corrected chi connectivity index (χ2v) is 5.58. The van der Waals surface area contributed by atoms with Crippen LogP contribution in [0, 0.1) is 6.92 Å². The zero-order valence-electron chi connectivity index (χ0n) is 13.9. The summed E-state index contributed by atoms with van der Waals surface area (Å²) in [5.41, 5.74) is 2.27. The summed E-state index contributed by atoms with van der Waals surface area (Å²) >= 11 is 0. The van der Waals surface area contributed by atoms with Crippen molar-refractivity contribution in [3.63, 3.8) is 0 Å². The van der Waals surface area contributed by atoms with Gasteiger partial charge in [0.05, 0.1) is 13.2 Å². The Bertz CT molecular complexity index is 598. The second kappa shape index (κ2) is 11.3. The molecule has 0 aliphatic rings. The second-order valence-electron chi connectivity index (χ2n) is 5.58. The van der Waals surface area contributed by atoms with E-state index in [1.807, 2.05) is 48.5 Å². The third kappa shape index (κ3) is 8.02. The monoisotopic (exact) mass is 515 g/mol. The van der Waals surface area contributed by atoms with Crippen LogP contribution >= 0.6 is 0 Å². The maximum absolute atomic E-state index is 9.26. The van der Waals surface area contributed by atoms with E-state index >= 15 is 0 Å². The van der Waals surface area contributed by atoms with Crippen LogP contribution in [0.4, 0.5) is 0 Å². The van der Waals surface area contributed by atoms with Gasteiger partial charge in [0, 0.05) is 21.1 Å². The van der Waals surface area contributed by atoms with Crippen LogP contribution in [0.25, 0.3) is 0 Å². The first-order chi connectivity index (χ1) is 11.6. The molecule has 2 rings (SSSR count). The fraction of sp³-hybridized carbons (Fsp3) is 0.316. The molecule has 25 heavy (non-hydrogen) atoms. The first-order valence-electron chi connectivity index (χ1n) is 7.80. The summed E-state index contributed by atoms with van der Waals surface area (Å²) in [4.78, 5) is 0. The molecule has 0 bridgehead atoms. The van der Waals surface area contributed by atoms with Gasteiger partial charge in [0.15, 0.2) is 0 Å². The molecule has 136 valence electrons. The van der Waals surface area contributed by atoms with Crippen LogP contribution in [0.1, 0.15) is 11.1 Å². The van der Waals surface area contributed by atoms with Crippen molar-refractivity contribution in [2.75, 3.05) is 19.8 Å². The maximum Gasteiger partial charge on any atom is 0.119 e. The normalized spacial score (nSPS) is 12.8. The van der Waals surface area contributed by atoms with Crippen molar-refractivity contribution >= 4 is 0 Å². The summed E-state index contributed by atoms with van der Waals surface area (Å²) in [5.74, 6) is 1.36. The molecule has 6 heteroatoms. The molecule has 0 heterocycles. The molecule has 0 aromatic heterocycles. The van der Waals surface area contributed by atoms with E-state index in [-0.39, 0.29) is 40.9 Å². The number of ether oxygens (including phenoxy) is 2. The van der Waals surface area contributed by atoms with Crippen LogP contribution in [-0.4, -0.2) is 47.3 Å². The molecule has 0 spiro atoms. The predicted octanol–water partition coefficient (Wildman–Crippen LogP) is 1.58. The Kier molecular flexibility index (Phi) is 9.76. The molecule has 0 aliphatic heterocycles. The number of rotatable bonds is 9. The zero-order chi connectivity index (χ0) is 17.4. The van der Waals surface area contributed by atoms with E-state index in [9.17, 15) is 5.11 Å². The van der Waals surface area contributed by atoms with E-state index in [1.165, 1.54) is 0 Å². The van der Waals surface area contributed by atoms with Crippen LogP contribution < -0.4 is 9.47 Å². The van der Waals surface area contributed by atoms with Crippen molar-refractivity contribution in [2.45, 2.75) is 18.6 Å². The molecule has 2 unspecified atom stereocenters. The van der Waals surface area contributed by atoms with Gasteiger partial charge in [0.25, 0.3) is 0 Å². The van der Waals surface area contributed by atoms with Gasteiger partial charge in [0.1, 0.15) is 24.2 Å². The predicted molar refractivity (Wildman–Crippen MR) is 91.1 cm³/mol. The van der Waals surface area contributed by atoms with Gasteiger partial charge in [-0.05, 0) is 47.9 Å². The summed E-state index contributed by atoms with van der Waals surface area (Å²) in [6.07, 6.45) is -0.823. The topological polar surface area (TPSA) is 79.2 Å². The first kappa shape index (κ1) is 21.7. The van der Waals surface area contributed by atoms with E-state index in [0.717, 1.165) is 17.5 Å². The van der Waals surface area contributed by atoms with Gasteiger partial charge < -0.3 is 31.7 Å². The molecule has 0 amide bonds. The summed E-state index contributed by atoms with van der Waals surface area (Å²) in [5, 5.41) is 27.1. The Morgan fingerprint density at radius 3 is 1.64 bits per heavy atom. The van der Waals surface area contributed by atoms with Crippen LogP contribution in [0.3, 0.4) is 0 Å². The van der Waals surface area contributed by atoms with E-state index in [2.05, 4.69) is 6.92 Å². The Morgan fingerprint density at radius 1 is 0.800 bits per heavy atom. The molecule has 2 aromatic carbocycles. The van der Waals surface area contributed by atoms with Crippen LogP contribution in [-0.2, 0) is 27.5 Å². The van der Waals surface area contributed by atoms with E-state index in [1.54, 1.807) is 0 Å². The molecule has 0 aliphatic carbocycles. The van der Waals surface area contributed by atoms with Crippen LogP contribution in [0.5, 0.6) is 11.5 Å². The van der Waals surface area contributed by atoms with Crippen molar-refractivity contribution in [2.24, 2.45) is 0 Å². The van der Waals surface area contributed by atoms with Crippen LogP contribution in [0.2, 0.25) is 0 Å². The third-order valence-corrected chi connectivity index (χ3v) is 3.35. The molecule has 2 aromatic rings. The zero-order valence-corrected chi connectivity index (χ0v) is 16.8. The number of hydrogen-bond acceptors (Lipinski definition) is 5. The maximum atomic E-state index is 9.26. The molecule has 5 nitrogen and oxygen atoms in total. The average molecular weight is 515 g/mol. The number of hydrogen-bond donors (Lipinski definition) is 3. The summed E-state index contributed by atoms with van der Waals surface area (Å²) in [6, 6.07) is 15.3. The Morgan fingerprint density at radius 2 is 1.24 bits per heavy atom. The summed E-state index contributed by atoms with van der Waals surface area (Å²) < 4.78 is 10.8. The molecule has 2 atom stereocenters. The van der Waals surface area contributed by atoms with Crippen molar-refractivity contribution < 1.29 is 45.9 Å². The van der Waals surface area contributed by atoms with Crippen molar-refractivity contribution in [1.29, 1.82) is 0 Å². The molecular weight excluding hydrogens is 492 g/mol. The minimum absolute atomic E-state index is 0. The Labute approximate surface area is 162 Å². The van der Waals surface area contributed by atoms with Crippen LogP contribution in [0.15, 0.2) is 48.5 Å². The van der Waals surface area contributed by atoms with Gasteiger partial charge in [0.2, 0.25) is 0 Å². The van der Waals surface area contributed by atoms with E-state index in [4.69, 9.17) is 19.7 Å². The number of benzene rings is 2. The molecule has 0 saturated heterocycles. The largest absolute Gasteiger partial charge is 0.494 e. The van der Waals surface area contributed by atoms with Gasteiger partial charge in [-0.15, -0.1) is 0 Å². The number of aliphatic hydroxyl groups excluding tert-OH is 3. The van der Waals surface area contributed by atoms with Gasteiger partial charge in [-0.25, -0.2) is 0 Å². The SMILES string of the molecule is [CH2-]C(O)COc1ccc(Cc2ccc(OCC(O)CO)cc2)cc1.[W]. The third-order valence-electron chi connectivity index (χ3n) is 3.35. The van der Waals surface area contributed by atoms with Gasteiger partial charge in [-0.2, -0.15) is 0 Å². The summed E-state index contributed by atoms with van der Waals surface area (Å²) in [6.45, 7) is 3.38. The molecule has 0 radical (unpaired) electrons.